The van der Waals surface area contributed by atoms with Gasteiger partial charge in [-0.2, -0.15) is 0 Å². The summed E-state index contributed by atoms with van der Waals surface area (Å²) in [6.07, 6.45) is 0. The van der Waals surface area contributed by atoms with Gasteiger partial charge in [-0.15, -0.1) is 5.10 Å². The molecule has 0 atom stereocenters. The van der Waals surface area contributed by atoms with Crippen molar-refractivity contribution in [2.75, 3.05) is 5.32 Å². The van der Waals surface area contributed by atoms with Crippen LogP contribution in [0.5, 0.6) is 0 Å². The maximum absolute atomic E-state index is 12.3. The number of hydrogen-bond donors (Lipinski definition) is 1. The van der Waals surface area contributed by atoms with Crippen molar-refractivity contribution in [3.05, 3.63) is 58.6 Å². The fourth-order valence-corrected chi connectivity index (χ4v) is 2.67. The van der Waals surface area contributed by atoms with Crippen molar-refractivity contribution < 1.29 is 4.79 Å². The van der Waals surface area contributed by atoms with Gasteiger partial charge in [-0.05, 0) is 46.2 Å². The van der Waals surface area contributed by atoms with Crippen molar-refractivity contribution in [2.24, 2.45) is 0 Å². The SMILES string of the molecule is CC(C)c1ccc(NC(=O)Cn2nnnc2-c2ccc(Br)cc2)cc1. The summed E-state index contributed by atoms with van der Waals surface area (Å²) in [6, 6.07) is 15.5. The quantitative estimate of drug-likeness (QED) is 0.706. The molecule has 0 aliphatic heterocycles. The number of aromatic nitrogens is 4. The number of benzene rings is 2. The topological polar surface area (TPSA) is 72.7 Å². The molecule has 0 unspecified atom stereocenters. The van der Waals surface area contributed by atoms with Gasteiger partial charge in [-0.3, -0.25) is 4.79 Å². The lowest BCUT2D eigenvalue weighted by Crippen LogP contribution is -2.20. The molecule has 0 spiro atoms. The third-order valence-corrected chi connectivity index (χ3v) is 4.32. The number of anilines is 1. The molecule has 0 fully saturated rings. The summed E-state index contributed by atoms with van der Waals surface area (Å²) in [5.74, 6) is 0.834. The zero-order chi connectivity index (χ0) is 17.8. The number of carbonyl (C=O) groups is 1. The number of halogens is 1. The summed E-state index contributed by atoms with van der Waals surface area (Å²) >= 11 is 3.40. The van der Waals surface area contributed by atoms with Crippen LogP contribution in [0.2, 0.25) is 0 Å². The average Bonchev–Trinajstić information content (AvgIpc) is 3.04. The lowest BCUT2D eigenvalue weighted by Gasteiger charge is -2.09. The number of nitrogens with zero attached hydrogens (tertiary/aromatic N) is 4. The minimum absolute atomic E-state index is 0.0460. The molecule has 6 nitrogen and oxygen atoms in total. The summed E-state index contributed by atoms with van der Waals surface area (Å²) in [7, 11) is 0. The lowest BCUT2D eigenvalue weighted by atomic mass is 10.0. The van der Waals surface area contributed by atoms with E-state index in [2.05, 4.69) is 50.6 Å². The second-order valence-corrected chi connectivity index (χ2v) is 6.91. The first-order chi connectivity index (χ1) is 12.0. The smallest absolute Gasteiger partial charge is 0.246 e. The molecule has 0 aliphatic carbocycles. The molecule has 25 heavy (non-hydrogen) atoms. The van der Waals surface area contributed by atoms with Gasteiger partial charge in [0.1, 0.15) is 6.54 Å². The second kappa shape index (κ2) is 7.57. The molecule has 2 aromatic carbocycles. The van der Waals surface area contributed by atoms with Crippen LogP contribution in [0.25, 0.3) is 11.4 Å². The van der Waals surface area contributed by atoms with E-state index in [9.17, 15) is 4.79 Å². The summed E-state index contributed by atoms with van der Waals surface area (Å²) < 4.78 is 2.46. The van der Waals surface area contributed by atoms with E-state index in [1.807, 2.05) is 48.5 Å². The minimum atomic E-state index is -0.178. The van der Waals surface area contributed by atoms with Gasteiger partial charge in [0.25, 0.3) is 0 Å². The van der Waals surface area contributed by atoms with Crippen molar-refractivity contribution in [3.8, 4) is 11.4 Å². The molecule has 1 heterocycles. The third-order valence-electron chi connectivity index (χ3n) is 3.79. The Kier molecular flexibility index (Phi) is 5.23. The number of hydrogen-bond acceptors (Lipinski definition) is 4. The fourth-order valence-electron chi connectivity index (χ4n) is 2.40. The van der Waals surface area contributed by atoms with Gasteiger partial charge < -0.3 is 5.32 Å². The summed E-state index contributed by atoms with van der Waals surface area (Å²) in [5, 5.41) is 14.5. The zero-order valence-electron chi connectivity index (χ0n) is 14.0. The summed E-state index contributed by atoms with van der Waals surface area (Å²) in [5.41, 5.74) is 2.84. The van der Waals surface area contributed by atoms with Gasteiger partial charge in [-0.25, -0.2) is 4.68 Å². The monoisotopic (exact) mass is 399 g/mol. The molecule has 0 bridgehead atoms. The highest BCUT2D eigenvalue weighted by atomic mass is 79.9. The van der Waals surface area contributed by atoms with Crippen LogP contribution in [0.1, 0.15) is 25.3 Å². The zero-order valence-corrected chi connectivity index (χ0v) is 15.6. The van der Waals surface area contributed by atoms with E-state index in [0.29, 0.717) is 11.7 Å². The maximum atomic E-state index is 12.3. The van der Waals surface area contributed by atoms with Gasteiger partial charge in [-0.1, -0.05) is 54.0 Å². The normalized spacial score (nSPS) is 10.9. The first kappa shape index (κ1) is 17.3. The molecule has 0 radical (unpaired) electrons. The molecule has 1 aromatic heterocycles. The van der Waals surface area contributed by atoms with Gasteiger partial charge in [0.2, 0.25) is 5.91 Å². The number of tetrazole rings is 1. The van der Waals surface area contributed by atoms with Gasteiger partial charge in [0.05, 0.1) is 0 Å². The van der Waals surface area contributed by atoms with Crippen LogP contribution in [0.4, 0.5) is 5.69 Å². The summed E-state index contributed by atoms with van der Waals surface area (Å²) in [6.45, 7) is 4.31. The summed E-state index contributed by atoms with van der Waals surface area (Å²) in [4.78, 5) is 12.3. The van der Waals surface area contributed by atoms with Crippen LogP contribution in [-0.2, 0) is 11.3 Å². The molecule has 1 amide bonds. The molecule has 7 heteroatoms. The van der Waals surface area contributed by atoms with Crippen molar-refractivity contribution in [3.63, 3.8) is 0 Å². The van der Waals surface area contributed by atoms with Crippen LogP contribution in [0.3, 0.4) is 0 Å². The Balaban J connectivity index is 1.69. The Morgan fingerprint density at radius 2 is 1.80 bits per heavy atom. The lowest BCUT2D eigenvalue weighted by molar-refractivity contribution is -0.116. The number of carbonyl (C=O) groups excluding carboxylic acids is 1. The van der Waals surface area contributed by atoms with Crippen LogP contribution in [0, 0.1) is 0 Å². The van der Waals surface area contributed by atoms with Gasteiger partial charge in [0.15, 0.2) is 5.82 Å². The highest BCUT2D eigenvalue weighted by Crippen LogP contribution is 2.20. The standard InChI is InChI=1S/C18H18BrN5O/c1-12(2)13-5-9-16(10-6-13)20-17(25)11-24-18(21-22-23-24)14-3-7-15(19)8-4-14/h3-10,12H,11H2,1-2H3,(H,20,25). The van der Waals surface area contributed by atoms with Crippen LogP contribution < -0.4 is 5.32 Å². The number of nitrogens with one attached hydrogen (secondary N) is 1. The second-order valence-electron chi connectivity index (χ2n) is 5.99. The average molecular weight is 400 g/mol. The molecule has 3 aromatic rings. The largest absolute Gasteiger partial charge is 0.324 e. The van der Waals surface area contributed by atoms with E-state index in [4.69, 9.17) is 0 Å². The first-order valence-corrected chi connectivity index (χ1v) is 8.74. The maximum Gasteiger partial charge on any atom is 0.246 e. The minimum Gasteiger partial charge on any atom is -0.324 e. The molecule has 0 saturated heterocycles. The molecule has 0 saturated carbocycles. The molecule has 128 valence electrons. The van der Waals surface area contributed by atoms with E-state index in [-0.39, 0.29) is 12.5 Å². The van der Waals surface area contributed by atoms with Crippen LogP contribution >= 0.6 is 15.9 Å². The highest BCUT2D eigenvalue weighted by Gasteiger charge is 2.12. The van der Waals surface area contributed by atoms with Crippen LogP contribution in [-0.4, -0.2) is 26.1 Å². The van der Waals surface area contributed by atoms with Crippen molar-refractivity contribution >= 4 is 27.5 Å². The molecule has 3 rings (SSSR count). The molecule has 1 N–H and O–H groups in total. The number of amides is 1. The van der Waals surface area contributed by atoms with Crippen molar-refractivity contribution in [1.29, 1.82) is 0 Å². The van der Waals surface area contributed by atoms with E-state index in [1.54, 1.807) is 0 Å². The third kappa shape index (κ3) is 4.30. The molecular formula is C18H18BrN5O. The van der Waals surface area contributed by atoms with Crippen molar-refractivity contribution in [1.82, 2.24) is 20.2 Å². The van der Waals surface area contributed by atoms with Crippen molar-refractivity contribution in [2.45, 2.75) is 26.3 Å². The Morgan fingerprint density at radius 1 is 1.12 bits per heavy atom. The van der Waals surface area contributed by atoms with E-state index in [0.717, 1.165) is 15.7 Å². The van der Waals surface area contributed by atoms with E-state index >= 15 is 0 Å². The number of rotatable bonds is 5. The predicted molar refractivity (Wildman–Crippen MR) is 100 cm³/mol. The van der Waals surface area contributed by atoms with E-state index < -0.39 is 0 Å². The van der Waals surface area contributed by atoms with Crippen LogP contribution in [0.15, 0.2) is 53.0 Å². The first-order valence-electron chi connectivity index (χ1n) is 7.95. The van der Waals surface area contributed by atoms with Gasteiger partial charge in [0, 0.05) is 15.7 Å². The highest BCUT2D eigenvalue weighted by molar-refractivity contribution is 9.10. The Morgan fingerprint density at radius 3 is 2.44 bits per heavy atom. The molecular weight excluding hydrogens is 382 g/mol. The Hall–Kier alpha value is -2.54. The Bertz CT molecular complexity index is 856. The van der Waals surface area contributed by atoms with E-state index in [1.165, 1.54) is 10.2 Å². The van der Waals surface area contributed by atoms with Gasteiger partial charge >= 0.3 is 0 Å². The molecule has 0 aliphatic rings. The predicted octanol–water partition coefficient (Wildman–Crippen LogP) is 3.86. The fraction of sp³-hybridized carbons (Fsp3) is 0.222. The Labute approximate surface area is 154 Å².